The van der Waals surface area contributed by atoms with Crippen LogP contribution < -0.4 is 14.4 Å². The van der Waals surface area contributed by atoms with Crippen molar-refractivity contribution in [3.63, 3.8) is 0 Å². The molecule has 1 unspecified atom stereocenters. The summed E-state index contributed by atoms with van der Waals surface area (Å²) in [5.74, 6) is -0.302. The largest absolute Gasteiger partial charge is 0.497 e. The number of carbonyl (C=O) groups is 1. The normalized spacial score (nSPS) is 12.1. The number of hydrogen-bond acceptors (Lipinski definition) is 4. The molecular weight excluding hydrogens is 419 g/mol. The van der Waals surface area contributed by atoms with Crippen LogP contribution in [0.4, 0.5) is 10.1 Å². The van der Waals surface area contributed by atoms with Gasteiger partial charge in [0.15, 0.2) is 0 Å². The first-order chi connectivity index (χ1) is 14.8. The third-order valence-corrected chi connectivity index (χ3v) is 6.51. The number of anilines is 1. The minimum atomic E-state index is -3.99. The van der Waals surface area contributed by atoms with E-state index in [2.05, 4.69) is 5.32 Å². The van der Waals surface area contributed by atoms with E-state index >= 15 is 0 Å². The molecule has 0 bridgehead atoms. The van der Waals surface area contributed by atoms with Gasteiger partial charge in [0, 0.05) is 0 Å². The van der Waals surface area contributed by atoms with Gasteiger partial charge in [-0.1, -0.05) is 30.3 Å². The molecule has 0 saturated carbocycles. The summed E-state index contributed by atoms with van der Waals surface area (Å²) in [7, 11) is -2.48. The molecule has 1 atom stereocenters. The van der Waals surface area contributed by atoms with Crippen LogP contribution in [0.3, 0.4) is 0 Å². The maximum absolute atomic E-state index is 13.3. The number of amides is 1. The highest BCUT2D eigenvalue weighted by Crippen LogP contribution is 2.26. The molecule has 6 nitrogen and oxygen atoms in total. The van der Waals surface area contributed by atoms with Crippen molar-refractivity contribution in [3.8, 4) is 5.75 Å². The van der Waals surface area contributed by atoms with E-state index < -0.39 is 28.5 Å². The van der Waals surface area contributed by atoms with E-state index in [1.165, 1.54) is 31.4 Å². The quantitative estimate of drug-likeness (QED) is 0.574. The molecule has 0 spiro atoms. The summed E-state index contributed by atoms with van der Waals surface area (Å²) >= 11 is 0. The Balaban J connectivity index is 1.87. The lowest BCUT2D eigenvalue weighted by atomic mass is 10.1. The zero-order chi connectivity index (χ0) is 22.4. The summed E-state index contributed by atoms with van der Waals surface area (Å²) in [6.07, 6.45) is 0. The second kappa shape index (κ2) is 9.61. The molecule has 1 amide bonds. The fourth-order valence-corrected chi connectivity index (χ4v) is 4.48. The second-order valence-corrected chi connectivity index (χ2v) is 8.73. The number of benzene rings is 3. The lowest BCUT2D eigenvalue weighted by molar-refractivity contribution is -0.120. The molecule has 0 heterocycles. The summed E-state index contributed by atoms with van der Waals surface area (Å²) in [5, 5.41) is 2.77. The number of nitrogens with zero attached hydrogens (tertiary/aromatic N) is 1. The minimum Gasteiger partial charge on any atom is -0.497 e. The average molecular weight is 443 g/mol. The lowest BCUT2D eigenvalue weighted by Crippen LogP contribution is -2.41. The third-order valence-electron chi connectivity index (χ3n) is 4.73. The highest BCUT2D eigenvalue weighted by atomic mass is 32.2. The number of halogens is 1. The molecule has 0 saturated heterocycles. The summed E-state index contributed by atoms with van der Waals surface area (Å²) in [6, 6.07) is 19.7. The van der Waals surface area contributed by atoms with Crippen molar-refractivity contribution in [1.82, 2.24) is 5.32 Å². The van der Waals surface area contributed by atoms with Gasteiger partial charge in [0.05, 0.1) is 23.7 Å². The standard InChI is InChI=1S/C23H23FN2O4S/c1-17(18-8-10-19(24)11-9-18)25-23(27)16-26(20-12-14-21(30-2)15-13-20)31(28,29)22-6-4-3-5-7-22/h3-15,17H,16H2,1-2H3,(H,25,27). The van der Waals surface area contributed by atoms with Gasteiger partial charge in [-0.25, -0.2) is 12.8 Å². The molecule has 3 aromatic rings. The number of sulfonamides is 1. The number of hydrogen-bond donors (Lipinski definition) is 1. The number of methoxy groups -OCH3 is 1. The van der Waals surface area contributed by atoms with Gasteiger partial charge in [-0.15, -0.1) is 0 Å². The van der Waals surface area contributed by atoms with Crippen LogP contribution in [0.25, 0.3) is 0 Å². The highest BCUT2D eigenvalue weighted by molar-refractivity contribution is 7.92. The molecule has 0 radical (unpaired) electrons. The van der Waals surface area contributed by atoms with Gasteiger partial charge in [0.1, 0.15) is 18.1 Å². The number of rotatable bonds is 8. The van der Waals surface area contributed by atoms with Gasteiger partial charge in [0.25, 0.3) is 10.0 Å². The van der Waals surface area contributed by atoms with Gasteiger partial charge in [-0.2, -0.15) is 0 Å². The Morgan fingerprint density at radius 2 is 1.61 bits per heavy atom. The van der Waals surface area contributed by atoms with Crippen LogP contribution in [-0.4, -0.2) is 28.0 Å². The molecule has 0 aromatic heterocycles. The molecule has 8 heteroatoms. The van der Waals surface area contributed by atoms with Crippen molar-refractivity contribution in [2.45, 2.75) is 17.9 Å². The Morgan fingerprint density at radius 1 is 1.00 bits per heavy atom. The molecule has 3 rings (SSSR count). The van der Waals surface area contributed by atoms with Crippen molar-refractivity contribution < 1.29 is 22.3 Å². The molecule has 1 N–H and O–H groups in total. The van der Waals surface area contributed by atoms with Gasteiger partial charge in [-0.05, 0) is 61.0 Å². The van der Waals surface area contributed by atoms with Gasteiger partial charge >= 0.3 is 0 Å². The van der Waals surface area contributed by atoms with E-state index in [1.807, 2.05) is 0 Å². The third kappa shape index (κ3) is 5.40. The minimum absolute atomic E-state index is 0.0743. The van der Waals surface area contributed by atoms with Crippen LogP contribution >= 0.6 is 0 Å². The zero-order valence-corrected chi connectivity index (χ0v) is 18.0. The van der Waals surface area contributed by atoms with Crippen LogP contribution in [-0.2, 0) is 14.8 Å². The zero-order valence-electron chi connectivity index (χ0n) is 17.2. The van der Waals surface area contributed by atoms with Crippen LogP contribution in [0, 0.1) is 5.82 Å². The smallest absolute Gasteiger partial charge is 0.264 e. The number of ether oxygens (including phenoxy) is 1. The SMILES string of the molecule is COc1ccc(N(CC(=O)NC(C)c2ccc(F)cc2)S(=O)(=O)c2ccccc2)cc1. The molecule has 0 aliphatic heterocycles. The van der Waals surface area contributed by atoms with Crippen LogP contribution in [0.5, 0.6) is 5.75 Å². The van der Waals surface area contributed by atoms with Gasteiger partial charge in [-0.3, -0.25) is 9.10 Å². The van der Waals surface area contributed by atoms with E-state index in [0.29, 0.717) is 17.0 Å². The molecule has 3 aromatic carbocycles. The average Bonchev–Trinajstić information content (AvgIpc) is 2.78. The Labute approximate surface area is 181 Å². The van der Waals surface area contributed by atoms with Crippen molar-refractivity contribution >= 4 is 21.6 Å². The Kier molecular flexibility index (Phi) is 6.91. The summed E-state index contributed by atoms with van der Waals surface area (Å²) < 4.78 is 45.9. The van der Waals surface area contributed by atoms with Crippen LogP contribution in [0.1, 0.15) is 18.5 Å². The van der Waals surface area contributed by atoms with Crippen LogP contribution in [0.15, 0.2) is 83.8 Å². The Hall–Kier alpha value is -3.39. The van der Waals surface area contributed by atoms with E-state index in [4.69, 9.17) is 4.74 Å². The molecule has 0 aliphatic rings. The van der Waals surface area contributed by atoms with Crippen molar-refractivity contribution in [2.24, 2.45) is 0 Å². The maximum Gasteiger partial charge on any atom is 0.264 e. The van der Waals surface area contributed by atoms with Crippen molar-refractivity contribution in [2.75, 3.05) is 18.0 Å². The molecule has 0 fully saturated rings. The first kappa shape index (κ1) is 22.3. The molecule has 0 aliphatic carbocycles. The second-order valence-electron chi connectivity index (χ2n) is 6.86. The lowest BCUT2D eigenvalue weighted by Gasteiger charge is -2.25. The van der Waals surface area contributed by atoms with E-state index in [1.54, 1.807) is 61.5 Å². The van der Waals surface area contributed by atoms with Crippen molar-refractivity contribution in [1.29, 1.82) is 0 Å². The highest BCUT2D eigenvalue weighted by Gasteiger charge is 2.27. The predicted octanol–water partition coefficient (Wildman–Crippen LogP) is 3.91. The Morgan fingerprint density at radius 3 is 2.19 bits per heavy atom. The van der Waals surface area contributed by atoms with Crippen molar-refractivity contribution in [3.05, 3.63) is 90.2 Å². The van der Waals surface area contributed by atoms with E-state index in [-0.39, 0.29) is 10.7 Å². The monoisotopic (exact) mass is 442 g/mol. The maximum atomic E-state index is 13.3. The topological polar surface area (TPSA) is 75.7 Å². The molecule has 31 heavy (non-hydrogen) atoms. The van der Waals surface area contributed by atoms with Gasteiger partial charge < -0.3 is 10.1 Å². The van der Waals surface area contributed by atoms with Crippen LogP contribution in [0.2, 0.25) is 0 Å². The summed E-state index contributed by atoms with van der Waals surface area (Å²) in [6.45, 7) is 1.32. The summed E-state index contributed by atoms with van der Waals surface area (Å²) in [4.78, 5) is 12.8. The van der Waals surface area contributed by atoms with E-state index in [9.17, 15) is 17.6 Å². The first-order valence-electron chi connectivity index (χ1n) is 9.58. The number of nitrogens with one attached hydrogen (secondary N) is 1. The first-order valence-corrected chi connectivity index (χ1v) is 11.0. The Bertz CT molecular complexity index is 1120. The van der Waals surface area contributed by atoms with Gasteiger partial charge in [0.2, 0.25) is 5.91 Å². The number of carbonyl (C=O) groups excluding carboxylic acids is 1. The summed E-state index contributed by atoms with van der Waals surface area (Å²) in [5.41, 5.74) is 1.03. The molecule has 162 valence electrons. The van der Waals surface area contributed by atoms with E-state index in [0.717, 1.165) is 4.31 Å². The fourth-order valence-electron chi connectivity index (χ4n) is 3.04. The fraction of sp³-hybridized carbons (Fsp3) is 0.174. The molecular formula is C23H23FN2O4S. The predicted molar refractivity (Wildman–Crippen MR) is 117 cm³/mol.